The number of aliphatic hydroxyl groups is 1. The van der Waals surface area contributed by atoms with Gasteiger partial charge in [-0.25, -0.2) is 0 Å². The standard InChI is InChI=1S/C73H88N10O9/c1-3-75-40-52-13-7-25-71(52,37-47-22-29-78-64(74)33-47)43-79-70-81-68(83-41-49-23-30-77-56(49)42-83)65-69(88)80-55-14-5-4-11-48(55)12-6-26-72-38-46-16-21-57(85)62(32-46)91-59-15-8-27-73(65,82-70)54(59)20-18-51(72)17-19-53-61(90-44(2)84)36-60(92-67(53)72)50-34-58(86)66(87)63(35-50)89-31-24-45-10-9-28-76-39-45/h9-10,16-17,19,21-23,28,30,32-35,39,41-42,48,51-55,59-61,65,67-69,75,77-78,80,85-88H,3-5,7-8,11,13-15,24-27,29,31,36-38,40,43,74H2,1-2H3,(H2,79,81,82). The molecule has 19 heteroatoms. The first-order chi connectivity index (χ1) is 44.8. The van der Waals surface area contributed by atoms with Gasteiger partial charge in [0.2, 0.25) is 5.75 Å². The van der Waals surface area contributed by atoms with Crippen molar-refractivity contribution in [3.8, 4) is 52.4 Å². The summed E-state index contributed by atoms with van der Waals surface area (Å²) in [5.74, 6) is 14.2. The summed E-state index contributed by atoms with van der Waals surface area (Å²) in [6.07, 6.45) is 25.0. The molecule has 484 valence electrons. The summed E-state index contributed by atoms with van der Waals surface area (Å²) in [6.45, 7) is 6.76. The SMILES string of the molecule is CCNCC1CCCC1(CN=C1NC(n2cc3cc[nH]c3c2)C2C(O)NC3CCCCC3C#CCC34Cc5ccc(O)c(c5)OC5CCCC2(N1)C5C#CC3C=CC1C(OC(C)=O)CC(c2cc(O)c(O)c(OCCc3cccnc3)c2)OC14)CC1=CCNC(N)=C1. The Labute approximate surface area is 538 Å². The zero-order valence-electron chi connectivity index (χ0n) is 52.7. The first kappa shape index (κ1) is 61.4. The lowest BCUT2D eigenvalue weighted by molar-refractivity contribution is -0.197. The van der Waals surface area contributed by atoms with E-state index in [0.29, 0.717) is 80.6 Å². The van der Waals surface area contributed by atoms with Gasteiger partial charge in [0.1, 0.15) is 24.6 Å². The molecule has 12 N–H and O–H groups in total. The van der Waals surface area contributed by atoms with Crippen LogP contribution in [0.2, 0.25) is 0 Å². The highest BCUT2D eigenvalue weighted by Crippen LogP contribution is 2.56. The number of H-pyrrole nitrogens is 1. The highest BCUT2D eigenvalue weighted by molar-refractivity contribution is 5.83. The minimum absolute atomic E-state index is 0.00358. The van der Waals surface area contributed by atoms with Crippen molar-refractivity contribution in [2.45, 2.75) is 159 Å². The second kappa shape index (κ2) is 25.8. The first-order valence-electron chi connectivity index (χ1n) is 33.6. The van der Waals surface area contributed by atoms with Crippen molar-refractivity contribution in [1.82, 2.24) is 41.1 Å². The van der Waals surface area contributed by atoms with E-state index in [2.05, 4.69) is 114 Å². The molecule has 0 radical (unpaired) electrons. The molecule has 16 atom stereocenters. The highest BCUT2D eigenvalue weighted by Gasteiger charge is 2.61. The van der Waals surface area contributed by atoms with Crippen LogP contribution >= 0.6 is 0 Å². The number of phenolic OH excluding ortho intramolecular Hbond substituents is 3. The lowest BCUT2D eigenvalue weighted by Crippen LogP contribution is -2.75. The zero-order chi connectivity index (χ0) is 63.1. The van der Waals surface area contributed by atoms with E-state index in [-0.39, 0.29) is 47.7 Å². The summed E-state index contributed by atoms with van der Waals surface area (Å²) in [7, 11) is 0. The third kappa shape index (κ3) is 11.9. The number of aromatic nitrogens is 3. The molecule has 3 saturated carbocycles. The molecule has 3 aromatic heterocycles. The number of allylic oxidation sites excluding steroid dienone is 3. The van der Waals surface area contributed by atoms with Gasteiger partial charge < -0.3 is 75.9 Å². The van der Waals surface area contributed by atoms with Crippen LogP contribution in [0.15, 0.2) is 120 Å². The maximum atomic E-state index is 13.7. The number of aliphatic hydroxyl groups excluding tert-OH is 1. The van der Waals surface area contributed by atoms with Crippen molar-refractivity contribution in [2.75, 3.05) is 32.8 Å². The zero-order valence-corrected chi connectivity index (χ0v) is 52.7. The van der Waals surface area contributed by atoms with Crippen LogP contribution in [0.5, 0.6) is 28.7 Å². The number of hydrogen-bond donors (Lipinski definition) is 11. The van der Waals surface area contributed by atoms with Crippen molar-refractivity contribution in [1.29, 1.82) is 0 Å². The number of nitrogens with one attached hydrogen (secondary N) is 6. The number of pyridine rings is 1. The van der Waals surface area contributed by atoms with Crippen LogP contribution < -0.4 is 41.8 Å². The largest absolute Gasteiger partial charge is 0.504 e. The molecule has 5 aliphatic heterocycles. The van der Waals surface area contributed by atoms with E-state index < -0.39 is 83.2 Å². The van der Waals surface area contributed by atoms with Crippen molar-refractivity contribution < 1.29 is 44.2 Å². The Morgan fingerprint density at radius 3 is 2.74 bits per heavy atom. The van der Waals surface area contributed by atoms with Gasteiger partial charge >= 0.3 is 5.97 Å². The third-order valence-electron chi connectivity index (χ3n) is 21.9. The van der Waals surface area contributed by atoms with Crippen LogP contribution in [0.25, 0.3) is 10.9 Å². The minimum Gasteiger partial charge on any atom is -0.504 e. The number of carbonyl (C=O) groups is 1. The topological polar surface area (TPSA) is 267 Å². The van der Waals surface area contributed by atoms with Crippen molar-refractivity contribution >= 4 is 22.8 Å². The van der Waals surface area contributed by atoms with Crippen LogP contribution in [0.3, 0.4) is 0 Å². The Balaban J connectivity index is 0.933. The number of aromatic hydroxyl groups is 3. The van der Waals surface area contributed by atoms with E-state index in [4.69, 9.17) is 29.7 Å². The molecule has 5 fully saturated rings. The molecule has 16 unspecified atom stereocenters. The summed E-state index contributed by atoms with van der Waals surface area (Å²) in [5, 5.41) is 68.5. The number of carbonyl (C=O) groups excluding carboxylic acids is 1. The van der Waals surface area contributed by atoms with E-state index >= 15 is 0 Å². The van der Waals surface area contributed by atoms with Crippen LogP contribution in [0.1, 0.15) is 126 Å². The number of rotatable bonds is 14. The Kier molecular flexibility index (Phi) is 17.2. The number of hydrogen-bond acceptors (Lipinski definition) is 15. The number of aromatic amines is 1. The molecule has 4 bridgehead atoms. The number of aliphatic imine (C=N–C) groups is 1. The Hall–Kier alpha value is -8.07. The summed E-state index contributed by atoms with van der Waals surface area (Å²) in [4.78, 5) is 26.8. The lowest BCUT2D eigenvalue weighted by Gasteiger charge is -2.57. The van der Waals surface area contributed by atoms with Gasteiger partial charge in [0.05, 0.1) is 47.5 Å². The van der Waals surface area contributed by atoms with Gasteiger partial charge in [0.15, 0.2) is 29.0 Å². The first-order valence-corrected chi connectivity index (χ1v) is 33.6. The Morgan fingerprint density at radius 2 is 1.89 bits per heavy atom. The number of nitrogens with zero attached hydrogens (tertiary/aromatic N) is 3. The van der Waals surface area contributed by atoms with E-state index in [0.717, 1.165) is 86.5 Å². The van der Waals surface area contributed by atoms with E-state index in [1.165, 1.54) is 18.6 Å². The highest BCUT2D eigenvalue weighted by atomic mass is 16.6. The number of esters is 1. The summed E-state index contributed by atoms with van der Waals surface area (Å²) in [6, 6.07) is 14.6. The molecule has 8 heterocycles. The smallest absolute Gasteiger partial charge is 0.302 e. The number of phenols is 3. The number of guanidine groups is 1. The molecule has 19 nitrogen and oxygen atoms in total. The van der Waals surface area contributed by atoms with Crippen LogP contribution in [0.4, 0.5) is 0 Å². The third-order valence-corrected chi connectivity index (χ3v) is 21.9. The normalized spacial score (nSPS) is 34.1. The lowest BCUT2D eigenvalue weighted by atomic mass is 9.57. The average molecular weight is 1250 g/mol. The second-order valence-corrected chi connectivity index (χ2v) is 27.5. The monoisotopic (exact) mass is 1250 g/mol. The molecule has 14 rings (SSSR count). The number of ether oxygens (including phenoxy) is 4. The number of nitrogens with two attached hydrogens (primary N) is 1. The van der Waals surface area contributed by atoms with Gasteiger partial charge in [-0.05, 0) is 147 Å². The number of dihydropyridines is 1. The molecular formula is C73H88N10O9. The van der Waals surface area contributed by atoms with Gasteiger partial charge in [-0.3, -0.25) is 20.1 Å². The minimum atomic E-state index is -1.09. The number of fused-ring (bicyclic) bond motifs is 5. The Morgan fingerprint density at radius 1 is 1.00 bits per heavy atom. The maximum Gasteiger partial charge on any atom is 0.302 e. The van der Waals surface area contributed by atoms with E-state index in [1.807, 2.05) is 30.5 Å². The fraction of sp³-hybridized carbons (Fsp3) is 0.521. The number of benzene rings is 2. The van der Waals surface area contributed by atoms with Gasteiger partial charge in [0, 0.05) is 105 Å². The van der Waals surface area contributed by atoms with E-state index in [9.17, 15) is 25.2 Å². The average Bonchev–Trinajstić information content (AvgIpc) is 1.00. The summed E-state index contributed by atoms with van der Waals surface area (Å²) in [5.41, 5.74) is 8.84. The summed E-state index contributed by atoms with van der Waals surface area (Å²) >= 11 is 0. The van der Waals surface area contributed by atoms with Gasteiger partial charge in [-0.2, -0.15) is 0 Å². The molecular weight excluding hydrogens is 1160 g/mol. The molecule has 4 aliphatic carbocycles. The van der Waals surface area contributed by atoms with Gasteiger partial charge in [-0.15, -0.1) is 5.92 Å². The van der Waals surface area contributed by atoms with Crippen molar-refractivity contribution in [3.63, 3.8) is 0 Å². The predicted molar refractivity (Wildman–Crippen MR) is 350 cm³/mol. The van der Waals surface area contributed by atoms with E-state index in [1.54, 1.807) is 24.5 Å². The van der Waals surface area contributed by atoms with Crippen LogP contribution in [0, 0.1) is 70.0 Å². The predicted octanol–water partition coefficient (Wildman–Crippen LogP) is 8.55. The maximum absolute atomic E-state index is 13.7. The van der Waals surface area contributed by atoms with Crippen LogP contribution in [-0.4, -0.2) is 116 Å². The van der Waals surface area contributed by atoms with Crippen LogP contribution in [-0.2, 0) is 27.1 Å². The fourth-order valence-electron chi connectivity index (χ4n) is 17.5. The quantitative estimate of drug-likeness (QED) is 0.0215. The van der Waals surface area contributed by atoms with Crippen molar-refractivity contribution in [3.05, 3.63) is 132 Å². The van der Waals surface area contributed by atoms with Crippen molar-refractivity contribution in [2.24, 2.45) is 57.1 Å². The molecule has 5 aromatic rings. The van der Waals surface area contributed by atoms with Gasteiger partial charge in [-0.1, -0.05) is 74.3 Å². The molecule has 1 spiro atoms. The molecule has 92 heavy (non-hydrogen) atoms. The summed E-state index contributed by atoms with van der Waals surface area (Å²) < 4.78 is 29.8. The molecule has 2 saturated heterocycles. The fourth-order valence-corrected chi connectivity index (χ4v) is 17.5. The molecule has 9 aliphatic rings. The second-order valence-electron chi connectivity index (χ2n) is 27.5. The molecule has 0 amide bonds. The van der Waals surface area contributed by atoms with Gasteiger partial charge in [0.25, 0.3) is 0 Å². The Bertz CT molecular complexity index is 3770. The molecule has 2 aromatic carbocycles.